The predicted octanol–water partition coefficient (Wildman–Crippen LogP) is 2.64. The molecule has 3 heterocycles. The number of hydrogen-bond donors (Lipinski definition) is 1. The van der Waals surface area contributed by atoms with Gasteiger partial charge in [-0.25, -0.2) is 0 Å². The molecule has 134 valence electrons. The third-order valence-corrected chi connectivity index (χ3v) is 4.54. The van der Waals surface area contributed by atoms with Gasteiger partial charge in [0.2, 0.25) is 0 Å². The van der Waals surface area contributed by atoms with Crippen LogP contribution in [-0.4, -0.2) is 37.4 Å². The zero-order valence-electron chi connectivity index (χ0n) is 14.5. The number of aromatic nitrogens is 3. The highest BCUT2D eigenvalue weighted by Gasteiger charge is 2.25. The van der Waals surface area contributed by atoms with Gasteiger partial charge in [-0.3, -0.25) is 9.48 Å². The molecule has 0 fully saturated rings. The smallest absolute Gasteiger partial charge is 0.276 e. The van der Waals surface area contributed by atoms with Gasteiger partial charge in [0.25, 0.3) is 5.91 Å². The van der Waals surface area contributed by atoms with Gasteiger partial charge in [0.05, 0.1) is 24.0 Å². The number of aliphatic hydroxyl groups is 1. The third-order valence-electron chi connectivity index (χ3n) is 4.54. The SMILES string of the molecule is C[C@H](O)c1cc2n(n1)CCCN(C(=O)c1cc(-c3ccccc3)on1)C2. The maximum Gasteiger partial charge on any atom is 0.276 e. The molecule has 7 nitrogen and oxygen atoms in total. The molecular weight excluding hydrogens is 332 g/mol. The number of nitrogens with zero attached hydrogens (tertiary/aromatic N) is 4. The second-order valence-electron chi connectivity index (χ2n) is 6.48. The van der Waals surface area contributed by atoms with E-state index in [0.29, 0.717) is 30.2 Å². The third kappa shape index (κ3) is 3.13. The topological polar surface area (TPSA) is 84.4 Å². The van der Waals surface area contributed by atoms with Crippen LogP contribution in [0.5, 0.6) is 0 Å². The molecule has 0 saturated heterocycles. The van der Waals surface area contributed by atoms with Gasteiger partial charge in [-0.05, 0) is 19.4 Å². The minimum absolute atomic E-state index is 0.163. The van der Waals surface area contributed by atoms with Crippen LogP contribution in [0.1, 0.15) is 41.3 Å². The average Bonchev–Trinajstić information content (AvgIpc) is 3.25. The van der Waals surface area contributed by atoms with Crippen LogP contribution in [0.4, 0.5) is 0 Å². The van der Waals surface area contributed by atoms with Crippen molar-refractivity contribution in [3.63, 3.8) is 0 Å². The maximum absolute atomic E-state index is 12.9. The Morgan fingerprint density at radius 3 is 2.81 bits per heavy atom. The Hall–Kier alpha value is -2.93. The van der Waals surface area contributed by atoms with Crippen LogP contribution in [0.25, 0.3) is 11.3 Å². The van der Waals surface area contributed by atoms with E-state index in [4.69, 9.17) is 4.52 Å². The van der Waals surface area contributed by atoms with Gasteiger partial charge < -0.3 is 14.5 Å². The van der Waals surface area contributed by atoms with Gasteiger partial charge in [0.15, 0.2) is 11.5 Å². The van der Waals surface area contributed by atoms with Gasteiger partial charge in [-0.15, -0.1) is 0 Å². The summed E-state index contributed by atoms with van der Waals surface area (Å²) in [4.78, 5) is 14.6. The molecule has 0 bridgehead atoms. The number of rotatable bonds is 3. The normalized spacial score (nSPS) is 15.4. The number of aliphatic hydroxyl groups excluding tert-OH is 1. The molecule has 1 aromatic carbocycles. The number of benzene rings is 1. The van der Waals surface area contributed by atoms with E-state index in [9.17, 15) is 9.90 Å². The second kappa shape index (κ2) is 6.76. The van der Waals surface area contributed by atoms with Crippen molar-refractivity contribution >= 4 is 5.91 Å². The van der Waals surface area contributed by atoms with Crippen LogP contribution in [-0.2, 0) is 13.1 Å². The molecule has 0 aliphatic carbocycles. The van der Waals surface area contributed by atoms with Gasteiger partial charge in [-0.2, -0.15) is 5.10 Å². The molecule has 0 spiro atoms. The van der Waals surface area contributed by atoms with E-state index in [1.807, 2.05) is 41.1 Å². The molecule has 0 radical (unpaired) electrons. The van der Waals surface area contributed by atoms with Crippen molar-refractivity contribution < 1.29 is 14.4 Å². The molecule has 4 rings (SSSR count). The van der Waals surface area contributed by atoms with Crippen molar-refractivity contribution in [3.05, 3.63) is 59.5 Å². The number of hydrogen-bond acceptors (Lipinski definition) is 5. The molecule has 3 aromatic rings. The Morgan fingerprint density at radius 2 is 2.04 bits per heavy atom. The Bertz CT molecular complexity index is 914. The van der Waals surface area contributed by atoms with Crippen LogP contribution in [0.2, 0.25) is 0 Å². The summed E-state index contributed by atoms with van der Waals surface area (Å²) in [5, 5.41) is 18.1. The van der Waals surface area contributed by atoms with Crippen molar-refractivity contribution in [3.8, 4) is 11.3 Å². The van der Waals surface area contributed by atoms with Crippen molar-refractivity contribution in [2.24, 2.45) is 0 Å². The summed E-state index contributed by atoms with van der Waals surface area (Å²) < 4.78 is 7.22. The van der Waals surface area contributed by atoms with Gasteiger partial charge in [-0.1, -0.05) is 35.5 Å². The van der Waals surface area contributed by atoms with E-state index in [1.54, 1.807) is 17.9 Å². The Morgan fingerprint density at radius 1 is 1.23 bits per heavy atom. The summed E-state index contributed by atoms with van der Waals surface area (Å²) in [6.07, 6.45) is 0.172. The Labute approximate surface area is 150 Å². The summed E-state index contributed by atoms with van der Waals surface area (Å²) in [6, 6.07) is 13.1. The first-order chi connectivity index (χ1) is 12.6. The summed E-state index contributed by atoms with van der Waals surface area (Å²) in [6.45, 7) is 3.47. The predicted molar refractivity (Wildman–Crippen MR) is 94.2 cm³/mol. The largest absolute Gasteiger partial charge is 0.387 e. The summed E-state index contributed by atoms with van der Waals surface area (Å²) >= 11 is 0. The van der Waals surface area contributed by atoms with Crippen molar-refractivity contribution in [1.82, 2.24) is 19.8 Å². The first-order valence-corrected chi connectivity index (χ1v) is 8.68. The number of aryl methyl sites for hydroxylation is 1. The van der Waals surface area contributed by atoms with Crippen LogP contribution < -0.4 is 0 Å². The van der Waals surface area contributed by atoms with Gasteiger partial charge >= 0.3 is 0 Å². The van der Waals surface area contributed by atoms with Crippen molar-refractivity contribution in [1.29, 1.82) is 0 Å². The molecular formula is C19H20N4O3. The fourth-order valence-electron chi connectivity index (χ4n) is 3.14. The molecule has 0 unspecified atom stereocenters. The minimum atomic E-state index is -0.623. The van der Waals surface area contributed by atoms with Crippen molar-refractivity contribution in [2.45, 2.75) is 32.5 Å². The summed E-state index contributed by atoms with van der Waals surface area (Å²) in [5.41, 5.74) is 2.72. The van der Waals surface area contributed by atoms with E-state index < -0.39 is 6.10 Å². The minimum Gasteiger partial charge on any atom is -0.387 e. The van der Waals surface area contributed by atoms with Crippen LogP contribution in [0, 0.1) is 0 Å². The molecule has 1 atom stereocenters. The first-order valence-electron chi connectivity index (χ1n) is 8.68. The lowest BCUT2D eigenvalue weighted by Crippen LogP contribution is -2.30. The second-order valence-corrected chi connectivity index (χ2v) is 6.48. The Balaban J connectivity index is 1.55. The molecule has 26 heavy (non-hydrogen) atoms. The molecule has 7 heteroatoms. The summed E-state index contributed by atoms with van der Waals surface area (Å²) in [7, 11) is 0. The number of fused-ring (bicyclic) bond motifs is 1. The zero-order chi connectivity index (χ0) is 18.1. The van der Waals surface area contributed by atoms with E-state index >= 15 is 0 Å². The number of amides is 1. The molecule has 1 amide bonds. The average molecular weight is 352 g/mol. The molecule has 1 N–H and O–H groups in total. The standard InChI is InChI=1S/C19H20N4O3/c1-13(24)16-10-15-12-22(8-5-9-23(15)20-16)19(25)17-11-18(26-21-17)14-6-3-2-4-7-14/h2-4,6-7,10-11,13,24H,5,8-9,12H2,1H3/t13-/m0/s1. The lowest BCUT2D eigenvalue weighted by molar-refractivity contribution is 0.0735. The van der Waals surface area contributed by atoms with Crippen LogP contribution in [0.15, 0.2) is 47.0 Å². The Kier molecular flexibility index (Phi) is 4.30. The number of carbonyl (C=O) groups excluding carboxylic acids is 1. The fourth-order valence-corrected chi connectivity index (χ4v) is 3.14. The molecule has 0 saturated carbocycles. The lowest BCUT2D eigenvalue weighted by atomic mass is 10.1. The highest BCUT2D eigenvalue weighted by Crippen LogP contribution is 2.22. The highest BCUT2D eigenvalue weighted by atomic mass is 16.5. The monoisotopic (exact) mass is 352 g/mol. The number of carbonyl (C=O) groups is 1. The molecule has 1 aliphatic heterocycles. The molecule has 2 aromatic heterocycles. The van der Waals surface area contributed by atoms with Crippen LogP contribution >= 0.6 is 0 Å². The first kappa shape index (κ1) is 16.5. The van der Waals surface area contributed by atoms with Gasteiger partial charge in [0, 0.05) is 24.7 Å². The lowest BCUT2D eigenvalue weighted by Gasteiger charge is -2.18. The van der Waals surface area contributed by atoms with Crippen molar-refractivity contribution in [2.75, 3.05) is 6.54 Å². The quantitative estimate of drug-likeness (QED) is 0.783. The van der Waals surface area contributed by atoms with E-state index in [0.717, 1.165) is 24.2 Å². The van der Waals surface area contributed by atoms with E-state index in [1.165, 1.54) is 0 Å². The fraction of sp³-hybridized carbons (Fsp3) is 0.316. The van der Waals surface area contributed by atoms with Gasteiger partial charge in [0.1, 0.15) is 0 Å². The van der Waals surface area contributed by atoms with E-state index in [2.05, 4.69) is 10.3 Å². The van der Waals surface area contributed by atoms with E-state index in [-0.39, 0.29) is 5.91 Å². The van der Waals surface area contributed by atoms with Crippen LogP contribution in [0.3, 0.4) is 0 Å². The molecule has 1 aliphatic rings. The maximum atomic E-state index is 12.9. The highest BCUT2D eigenvalue weighted by molar-refractivity contribution is 5.93. The zero-order valence-corrected chi connectivity index (χ0v) is 14.5. The summed E-state index contributed by atoms with van der Waals surface area (Å²) in [5.74, 6) is 0.411.